The summed E-state index contributed by atoms with van der Waals surface area (Å²) in [6.07, 6.45) is 2.40. The van der Waals surface area contributed by atoms with E-state index in [1.165, 1.54) is 0 Å². The molecule has 4 unspecified atom stereocenters. The van der Waals surface area contributed by atoms with E-state index in [1.54, 1.807) is 6.92 Å². The van der Waals surface area contributed by atoms with Crippen LogP contribution in [0.15, 0.2) is 12.7 Å². The van der Waals surface area contributed by atoms with E-state index in [2.05, 4.69) is 38.0 Å². The van der Waals surface area contributed by atoms with Crippen molar-refractivity contribution >= 4 is 18.0 Å². The lowest BCUT2D eigenvalue weighted by molar-refractivity contribution is -0.138. The molecule has 0 aromatic heterocycles. The van der Waals surface area contributed by atoms with Crippen LogP contribution in [0, 0.1) is 16.7 Å². The summed E-state index contributed by atoms with van der Waals surface area (Å²) in [5.41, 5.74) is -0.227. The van der Waals surface area contributed by atoms with Crippen LogP contribution in [0.25, 0.3) is 0 Å². The van der Waals surface area contributed by atoms with Crippen LogP contribution in [0.2, 0.25) is 0 Å². The molecule has 2 N–H and O–H groups in total. The second-order valence-electron chi connectivity index (χ2n) is 10.4. The Morgan fingerprint density at radius 2 is 1.76 bits per heavy atom. The number of amides is 2. The Hall–Kier alpha value is -2.13. The summed E-state index contributed by atoms with van der Waals surface area (Å²) in [6.45, 7) is 17.6. The average molecular weight is 485 g/mol. The van der Waals surface area contributed by atoms with Crippen LogP contribution in [-0.4, -0.2) is 69.7 Å². The third-order valence-corrected chi connectivity index (χ3v) is 5.78. The SMILES string of the molecule is C=CC(=O)OCCOC(=O)NCC1(C)CC(NC(=O)C(C)OCC(C)COCC)CC(C)(C)C1. The summed E-state index contributed by atoms with van der Waals surface area (Å²) in [5, 5.41) is 5.95. The molecule has 0 aliphatic heterocycles. The highest BCUT2D eigenvalue weighted by molar-refractivity contribution is 5.81. The van der Waals surface area contributed by atoms with Gasteiger partial charge in [-0.1, -0.05) is 34.3 Å². The molecule has 0 aromatic carbocycles. The fourth-order valence-electron chi connectivity index (χ4n) is 4.61. The number of rotatable bonds is 14. The smallest absolute Gasteiger partial charge is 0.407 e. The predicted octanol–water partition coefficient (Wildman–Crippen LogP) is 3.22. The molecule has 1 aliphatic carbocycles. The van der Waals surface area contributed by atoms with Crippen LogP contribution in [0.5, 0.6) is 0 Å². The van der Waals surface area contributed by atoms with E-state index in [0.717, 1.165) is 25.3 Å². The molecule has 9 heteroatoms. The van der Waals surface area contributed by atoms with Gasteiger partial charge in [0.15, 0.2) is 0 Å². The number of alkyl carbamates (subject to hydrolysis) is 1. The largest absolute Gasteiger partial charge is 0.459 e. The van der Waals surface area contributed by atoms with Gasteiger partial charge in [-0.25, -0.2) is 9.59 Å². The third kappa shape index (κ3) is 11.8. The van der Waals surface area contributed by atoms with Crippen LogP contribution in [0.1, 0.15) is 60.8 Å². The molecular weight excluding hydrogens is 440 g/mol. The van der Waals surface area contributed by atoms with E-state index in [9.17, 15) is 14.4 Å². The molecule has 0 spiro atoms. The molecule has 1 fully saturated rings. The molecule has 1 aliphatic rings. The van der Waals surface area contributed by atoms with Crippen molar-refractivity contribution in [2.24, 2.45) is 16.7 Å². The number of ether oxygens (including phenoxy) is 4. The van der Waals surface area contributed by atoms with Crippen molar-refractivity contribution in [1.29, 1.82) is 0 Å². The van der Waals surface area contributed by atoms with E-state index < -0.39 is 18.2 Å². The second kappa shape index (κ2) is 14.3. The van der Waals surface area contributed by atoms with Crippen molar-refractivity contribution in [1.82, 2.24) is 10.6 Å². The third-order valence-electron chi connectivity index (χ3n) is 5.78. The standard InChI is InChI=1S/C25H44N2O7/c1-8-21(28)32-10-11-33-23(30)26-17-25(7)13-20(12-24(5,6)16-25)27-22(29)19(4)34-15-18(3)14-31-9-2/h8,18-20H,1,9-17H2,2-7H3,(H,26,30)(H,27,29). The molecule has 1 rings (SSSR count). The Labute approximate surface area is 204 Å². The summed E-state index contributed by atoms with van der Waals surface area (Å²) >= 11 is 0. The minimum absolute atomic E-state index is 0.00841. The lowest BCUT2D eigenvalue weighted by Gasteiger charge is -2.47. The summed E-state index contributed by atoms with van der Waals surface area (Å²) < 4.78 is 21.0. The van der Waals surface area contributed by atoms with E-state index in [0.29, 0.717) is 26.4 Å². The van der Waals surface area contributed by atoms with Crippen LogP contribution < -0.4 is 10.6 Å². The van der Waals surface area contributed by atoms with Gasteiger partial charge in [-0.15, -0.1) is 0 Å². The Balaban J connectivity index is 2.52. The van der Waals surface area contributed by atoms with E-state index in [4.69, 9.17) is 18.9 Å². The monoisotopic (exact) mass is 484 g/mol. The van der Waals surface area contributed by atoms with Gasteiger partial charge >= 0.3 is 12.1 Å². The lowest BCUT2D eigenvalue weighted by atomic mass is 9.62. The molecule has 4 atom stereocenters. The fourth-order valence-corrected chi connectivity index (χ4v) is 4.61. The topological polar surface area (TPSA) is 112 Å². The summed E-state index contributed by atoms with van der Waals surface area (Å²) in [5.74, 6) is -0.476. The van der Waals surface area contributed by atoms with Crippen LogP contribution in [0.3, 0.4) is 0 Å². The van der Waals surface area contributed by atoms with Crippen molar-refractivity contribution in [2.45, 2.75) is 73.0 Å². The molecule has 9 nitrogen and oxygen atoms in total. The number of carbonyl (C=O) groups excluding carboxylic acids is 3. The average Bonchev–Trinajstić information content (AvgIpc) is 2.75. The first kappa shape index (κ1) is 29.9. The maximum absolute atomic E-state index is 12.7. The molecular formula is C25H44N2O7. The van der Waals surface area contributed by atoms with E-state index >= 15 is 0 Å². The zero-order valence-corrected chi connectivity index (χ0v) is 21.7. The highest BCUT2D eigenvalue weighted by Gasteiger charge is 2.42. The van der Waals surface area contributed by atoms with Crippen molar-refractivity contribution in [3.63, 3.8) is 0 Å². The van der Waals surface area contributed by atoms with Gasteiger partial charge in [0.25, 0.3) is 0 Å². The highest BCUT2D eigenvalue weighted by atomic mass is 16.6. The zero-order valence-electron chi connectivity index (χ0n) is 21.7. The van der Waals surface area contributed by atoms with Crippen LogP contribution >= 0.6 is 0 Å². The highest BCUT2D eigenvalue weighted by Crippen LogP contribution is 2.45. The molecule has 0 heterocycles. The zero-order chi connectivity index (χ0) is 25.8. The molecule has 196 valence electrons. The minimum Gasteiger partial charge on any atom is -0.459 e. The maximum atomic E-state index is 12.7. The van der Waals surface area contributed by atoms with Gasteiger partial charge in [-0.2, -0.15) is 0 Å². The minimum atomic E-state index is -0.567. The van der Waals surface area contributed by atoms with E-state index in [-0.39, 0.29) is 41.9 Å². The number of hydrogen-bond donors (Lipinski definition) is 2. The number of nitrogens with one attached hydrogen (secondary N) is 2. The summed E-state index contributed by atoms with van der Waals surface area (Å²) in [4.78, 5) is 35.8. The van der Waals surface area contributed by atoms with Crippen molar-refractivity contribution in [2.75, 3.05) is 39.6 Å². The van der Waals surface area contributed by atoms with Gasteiger partial charge < -0.3 is 29.6 Å². The van der Waals surface area contributed by atoms with Crippen molar-refractivity contribution in [3.05, 3.63) is 12.7 Å². The van der Waals surface area contributed by atoms with Gasteiger partial charge in [-0.05, 0) is 43.9 Å². The Bertz CT molecular complexity index is 682. The Kier molecular flexibility index (Phi) is 12.6. The molecule has 0 bridgehead atoms. The molecule has 1 saturated carbocycles. The first-order chi connectivity index (χ1) is 15.9. The van der Waals surface area contributed by atoms with Gasteiger partial charge in [0.1, 0.15) is 19.3 Å². The molecule has 34 heavy (non-hydrogen) atoms. The van der Waals surface area contributed by atoms with Crippen molar-refractivity contribution in [3.8, 4) is 0 Å². The number of hydrogen-bond acceptors (Lipinski definition) is 7. The van der Waals surface area contributed by atoms with Crippen molar-refractivity contribution < 1.29 is 33.3 Å². The second-order valence-corrected chi connectivity index (χ2v) is 10.4. The quantitative estimate of drug-likeness (QED) is 0.221. The van der Waals surface area contributed by atoms with Gasteiger partial charge in [0, 0.05) is 31.2 Å². The molecule has 0 saturated heterocycles. The molecule has 0 radical (unpaired) electrons. The van der Waals surface area contributed by atoms with Gasteiger partial charge in [-0.3, -0.25) is 4.79 Å². The van der Waals surface area contributed by atoms with Crippen LogP contribution in [0.4, 0.5) is 4.79 Å². The lowest BCUT2D eigenvalue weighted by Crippen LogP contribution is -2.52. The number of carbonyl (C=O) groups is 3. The maximum Gasteiger partial charge on any atom is 0.407 e. The summed E-state index contributed by atoms with van der Waals surface area (Å²) in [7, 11) is 0. The van der Waals surface area contributed by atoms with E-state index in [1.807, 2.05) is 13.8 Å². The Morgan fingerprint density at radius 3 is 2.41 bits per heavy atom. The van der Waals surface area contributed by atoms with Gasteiger partial charge in [0.2, 0.25) is 5.91 Å². The first-order valence-corrected chi connectivity index (χ1v) is 12.1. The van der Waals surface area contributed by atoms with Crippen LogP contribution in [-0.2, 0) is 28.5 Å². The fraction of sp³-hybridized carbons (Fsp3) is 0.800. The number of esters is 1. The molecule has 0 aromatic rings. The first-order valence-electron chi connectivity index (χ1n) is 12.1. The predicted molar refractivity (Wildman–Crippen MR) is 129 cm³/mol. The molecule has 2 amide bonds. The normalized spacial score (nSPS) is 23.3. The summed E-state index contributed by atoms with van der Waals surface area (Å²) in [6, 6.07) is -0.0238. The van der Waals surface area contributed by atoms with Gasteiger partial charge in [0.05, 0.1) is 13.2 Å². The Morgan fingerprint density at radius 1 is 1.09 bits per heavy atom.